The smallest absolute Gasteiger partial charge is 0.261 e. The van der Waals surface area contributed by atoms with Gasteiger partial charge in [-0.3, -0.25) is 14.5 Å². The Kier molecular flexibility index (Phi) is 4.55. The number of para-hydroxylation sites is 1. The SMILES string of the molecule is COc1ccc(C2NCCc3c2[nH]c2ccccc32)cc1CN1C(=O)c2ccccc2C1=O. The highest BCUT2D eigenvalue weighted by atomic mass is 16.5. The van der Waals surface area contributed by atoms with Crippen LogP contribution in [0.2, 0.25) is 0 Å². The second kappa shape index (κ2) is 7.60. The van der Waals surface area contributed by atoms with Gasteiger partial charge in [-0.25, -0.2) is 0 Å². The lowest BCUT2D eigenvalue weighted by molar-refractivity contribution is 0.0641. The van der Waals surface area contributed by atoms with Crippen LogP contribution in [0, 0.1) is 0 Å². The number of benzene rings is 3. The van der Waals surface area contributed by atoms with Gasteiger partial charge in [0, 0.05) is 28.7 Å². The second-order valence-corrected chi connectivity index (χ2v) is 8.51. The molecule has 4 aromatic rings. The van der Waals surface area contributed by atoms with E-state index in [0.29, 0.717) is 16.9 Å². The van der Waals surface area contributed by atoms with E-state index in [4.69, 9.17) is 4.74 Å². The summed E-state index contributed by atoms with van der Waals surface area (Å²) in [5.41, 5.74) is 6.41. The van der Waals surface area contributed by atoms with Crippen LogP contribution >= 0.6 is 0 Å². The van der Waals surface area contributed by atoms with Gasteiger partial charge in [0.05, 0.1) is 30.8 Å². The Labute approximate surface area is 191 Å². The molecule has 0 saturated carbocycles. The van der Waals surface area contributed by atoms with Crippen LogP contribution in [0.5, 0.6) is 5.75 Å². The number of imide groups is 1. The predicted octanol–water partition coefficient (Wildman–Crippen LogP) is 4.21. The quantitative estimate of drug-likeness (QED) is 0.469. The van der Waals surface area contributed by atoms with Gasteiger partial charge in [-0.15, -0.1) is 0 Å². The van der Waals surface area contributed by atoms with Crippen molar-refractivity contribution in [2.75, 3.05) is 13.7 Å². The Balaban J connectivity index is 1.38. The van der Waals surface area contributed by atoms with Gasteiger partial charge in [0.15, 0.2) is 0 Å². The van der Waals surface area contributed by atoms with E-state index in [1.54, 1.807) is 31.4 Å². The normalized spacial score (nSPS) is 17.4. The van der Waals surface area contributed by atoms with E-state index < -0.39 is 0 Å². The number of rotatable bonds is 4. The molecule has 2 aliphatic rings. The lowest BCUT2D eigenvalue weighted by Gasteiger charge is -2.26. The molecule has 2 N–H and O–H groups in total. The molecule has 2 amide bonds. The van der Waals surface area contributed by atoms with Crippen LogP contribution in [0.1, 0.15) is 49.1 Å². The first-order valence-corrected chi connectivity index (χ1v) is 11.1. The fourth-order valence-electron chi connectivity index (χ4n) is 5.12. The number of nitrogens with zero attached hydrogens (tertiary/aromatic N) is 1. The highest BCUT2D eigenvalue weighted by molar-refractivity contribution is 6.21. The van der Waals surface area contributed by atoms with E-state index in [2.05, 4.69) is 28.5 Å². The minimum atomic E-state index is -0.267. The molecule has 1 atom stereocenters. The molecule has 0 bridgehead atoms. The molecule has 0 spiro atoms. The van der Waals surface area contributed by atoms with Crippen molar-refractivity contribution in [1.29, 1.82) is 0 Å². The Hall–Kier alpha value is -3.90. The molecular weight excluding hydrogens is 414 g/mol. The maximum atomic E-state index is 12.9. The number of nitrogens with one attached hydrogen (secondary N) is 2. The summed E-state index contributed by atoms with van der Waals surface area (Å²) >= 11 is 0. The van der Waals surface area contributed by atoms with Gasteiger partial charge >= 0.3 is 0 Å². The number of amides is 2. The van der Waals surface area contributed by atoms with E-state index in [1.165, 1.54) is 21.5 Å². The molecule has 0 fully saturated rings. The lowest BCUT2D eigenvalue weighted by Crippen LogP contribution is -2.31. The maximum Gasteiger partial charge on any atom is 0.261 e. The van der Waals surface area contributed by atoms with E-state index in [9.17, 15) is 9.59 Å². The Morgan fingerprint density at radius 3 is 2.45 bits per heavy atom. The summed E-state index contributed by atoms with van der Waals surface area (Å²) < 4.78 is 5.59. The monoisotopic (exact) mass is 437 g/mol. The van der Waals surface area contributed by atoms with Crippen molar-refractivity contribution in [3.63, 3.8) is 0 Å². The summed E-state index contributed by atoms with van der Waals surface area (Å²) in [6.45, 7) is 1.04. The molecule has 3 heterocycles. The van der Waals surface area contributed by atoms with Crippen molar-refractivity contribution in [2.24, 2.45) is 0 Å². The molecule has 2 aliphatic heterocycles. The number of methoxy groups -OCH3 is 1. The number of ether oxygens (including phenoxy) is 1. The van der Waals surface area contributed by atoms with Crippen LogP contribution < -0.4 is 10.1 Å². The Morgan fingerprint density at radius 2 is 1.70 bits per heavy atom. The number of hydrogen-bond acceptors (Lipinski definition) is 4. The molecule has 6 rings (SSSR count). The number of carbonyl (C=O) groups excluding carboxylic acids is 2. The van der Waals surface area contributed by atoms with Gasteiger partial charge < -0.3 is 15.0 Å². The summed E-state index contributed by atoms with van der Waals surface area (Å²) in [6, 6.07) is 21.3. The van der Waals surface area contributed by atoms with Gasteiger partial charge in [-0.05, 0) is 47.9 Å². The third-order valence-corrected chi connectivity index (χ3v) is 6.70. The lowest BCUT2D eigenvalue weighted by atomic mass is 9.93. The summed E-state index contributed by atoms with van der Waals surface area (Å²) in [7, 11) is 1.61. The first kappa shape index (κ1) is 19.8. The topological polar surface area (TPSA) is 74.4 Å². The zero-order valence-electron chi connectivity index (χ0n) is 18.2. The molecule has 0 aliphatic carbocycles. The Morgan fingerprint density at radius 1 is 0.970 bits per heavy atom. The zero-order chi connectivity index (χ0) is 22.5. The minimum absolute atomic E-state index is 0.00650. The number of fused-ring (bicyclic) bond motifs is 4. The zero-order valence-corrected chi connectivity index (χ0v) is 18.2. The fraction of sp³-hybridized carbons (Fsp3) is 0.185. The van der Waals surface area contributed by atoms with Crippen LogP contribution in [0.3, 0.4) is 0 Å². The largest absolute Gasteiger partial charge is 0.496 e. The summed E-state index contributed by atoms with van der Waals surface area (Å²) in [5.74, 6) is 0.122. The van der Waals surface area contributed by atoms with Gasteiger partial charge in [-0.2, -0.15) is 0 Å². The van der Waals surface area contributed by atoms with Crippen LogP contribution in [-0.4, -0.2) is 35.4 Å². The summed E-state index contributed by atoms with van der Waals surface area (Å²) in [6.07, 6.45) is 0.966. The van der Waals surface area contributed by atoms with Crippen molar-refractivity contribution in [3.8, 4) is 5.75 Å². The number of hydrogen-bond donors (Lipinski definition) is 2. The van der Waals surface area contributed by atoms with Crippen LogP contribution in [0.25, 0.3) is 10.9 Å². The minimum Gasteiger partial charge on any atom is -0.496 e. The van der Waals surface area contributed by atoms with E-state index in [-0.39, 0.29) is 24.4 Å². The average molecular weight is 437 g/mol. The summed E-state index contributed by atoms with van der Waals surface area (Å²) in [4.78, 5) is 30.7. The maximum absolute atomic E-state index is 12.9. The highest BCUT2D eigenvalue weighted by Gasteiger charge is 2.35. The molecule has 1 aromatic heterocycles. The van der Waals surface area contributed by atoms with Gasteiger partial charge in [-0.1, -0.05) is 36.4 Å². The predicted molar refractivity (Wildman–Crippen MR) is 125 cm³/mol. The number of carbonyl (C=O) groups is 2. The van der Waals surface area contributed by atoms with Gasteiger partial charge in [0.2, 0.25) is 0 Å². The fourth-order valence-corrected chi connectivity index (χ4v) is 5.12. The molecular formula is C27H23N3O3. The molecule has 3 aromatic carbocycles. The standard InChI is InChI=1S/C27H23N3O3/c1-33-23-11-10-16(24-25-19(12-13-28-24)18-6-4-5-9-22(18)29-25)14-17(23)15-30-26(31)20-7-2-3-8-21(20)27(30)32/h2-11,14,24,28-29H,12-13,15H2,1H3. The van der Waals surface area contributed by atoms with Crippen LogP contribution in [0.15, 0.2) is 66.7 Å². The number of aromatic amines is 1. The average Bonchev–Trinajstić information content (AvgIpc) is 3.35. The van der Waals surface area contributed by atoms with E-state index >= 15 is 0 Å². The molecule has 164 valence electrons. The van der Waals surface area contributed by atoms with Crippen molar-refractivity contribution in [2.45, 2.75) is 19.0 Å². The van der Waals surface area contributed by atoms with Crippen LogP contribution in [0.4, 0.5) is 0 Å². The van der Waals surface area contributed by atoms with Gasteiger partial charge in [0.25, 0.3) is 11.8 Å². The third-order valence-electron chi connectivity index (χ3n) is 6.70. The molecule has 0 saturated heterocycles. The molecule has 6 heteroatoms. The molecule has 0 radical (unpaired) electrons. The number of H-pyrrole nitrogens is 1. The van der Waals surface area contributed by atoms with Crippen LogP contribution in [-0.2, 0) is 13.0 Å². The third kappa shape index (κ3) is 3.06. The first-order chi connectivity index (χ1) is 16.2. The van der Waals surface area contributed by atoms with Crippen molar-refractivity contribution >= 4 is 22.7 Å². The summed E-state index contributed by atoms with van der Waals surface area (Å²) in [5, 5.41) is 4.89. The number of aromatic nitrogens is 1. The molecule has 33 heavy (non-hydrogen) atoms. The van der Waals surface area contributed by atoms with E-state index in [0.717, 1.165) is 29.6 Å². The van der Waals surface area contributed by atoms with Gasteiger partial charge in [0.1, 0.15) is 5.75 Å². The van der Waals surface area contributed by atoms with Crippen molar-refractivity contribution in [3.05, 3.63) is 100 Å². The molecule has 6 nitrogen and oxygen atoms in total. The second-order valence-electron chi connectivity index (χ2n) is 8.51. The van der Waals surface area contributed by atoms with Crippen molar-refractivity contribution < 1.29 is 14.3 Å². The Bertz CT molecular complexity index is 1390. The highest BCUT2D eigenvalue weighted by Crippen LogP contribution is 2.36. The molecule has 1 unspecified atom stereocenters. The van der Waals surface area contributed by atoms with E-state index in [1.807, 2.05) is 24.3 Å². The van der Waals surface area contributed by atoms with Crippen molar-refractivity contribution in [1.82, 2.24) is 15.2 Å². The first-order valence-electron chi connectivity index (χ1n) is 11.1.